The summed E-state index contributed by atoms with van der Waals surface area (Å²) in [6, 6.07) is 66.8. The van der Waals surface area contributed by atoms with Gasteiger partial charge < -0.3 is 4.42 Å². The van der Waals surface area contributed by atoms with E-state index in [0.29, 0.717) is 17.5 Å². The van der Waals surface area contributed by atoms with E-state index in [2.05, 4.69) is 164 Å². The van der Waals surface area contributed by atoms with Crippen LogP contribution in [0.15, 0.2) is 199 Å². The first-order chi connectivity index (χ1) is 28.2. The first-order valence-electron chi connectivity index (χ1n) is 19.0. The van der Waals surface area contributed by atoms with E-state index in [9.17, 15) is 0 Å². The minimum atomic E-state index is 0.575. The molecule has 0 aliphatic carbocycles. The van der Waals surface area contributed by atoms with Crippen LogP contribution in [0.2, 0.25) is 0 Å². The Kier molecular flexibility index (Phi) is 7.74. The zero-order valence-corrected chi connectivity index (χ0v) is 30.7. The van der Waals surface area contributed by atoms with Crippen LogP contribution in [0.4, 0.5) is 0 Å². The average molecular weight is 729 g/mol. The number of hydrogen-bond donors (Lipinski definition) is 0. The number of furan rings is 1. The third kappa shape index (κ3) is 5.81. The highest BCUT2D eigenvalue weighted by molar-refractivity contribution is 6.28. The number of fused-ring (bicyclic) bond motifs is 7. The molecular weight excluding hydrogens is 697 g/mol. The summed E-state index contributed by atoms with van der Waals surface area (Å²) in [5.74, 6) is 1.78. The van der Waals surface area contributed by atoms with Crippen molar-refractivity contribution in [2.24, 2.45) is 0 Å². The van der Waals surface area contributed by atoms with Gasteiger partial charge in [-0.15, -0.1) is 0 Å². The summed E-state index contributed by atoms with van der Waals surface area (Å²) in [6.45, 7) is 0. The predicted octanol–water partition coefficient (Wildman–Crippen LogP) is 13.5. The molecule has 11 rings (SSSR count). The molecule has 266 valence electrons. The summed E-state index contributed by atoms with van der Waals surface area (Å²) in [6.07, 6.45) is 0. The normalized spacial score (nSPS) is 11.5. The molecule has 0 amide bonds. The van der Waals surface area contributed by atoms with E-state index in [-0.39, 0.29) is 0 Å². The van der Waals surface area contributed by atoms with Crippen LogP contribution in [0, 0.1) is 0 Å². The third-order valence-electron chi connectivity index (χ3n) is 10.7. The quantitative estimate of drug-likeness (QED) is 0.160. The van der Waals surface area contributed by atoms with Gasteiger partial charge in [-0.25, -0.2) is 19.9 Å². The lowest BCUT2D eigenvalue weighted by atomic mass is 9.95. The molecule has 3 aromatic heterocycles. The highest BCUT2D eigenvalue weighted by Gasteiger charge is 2.19. The summed E-state index contributed by atoms with van der Waals surface area (Å²) >= 11 is 0. The van der Waals surface area contributed by atoms with Gasteiger partial charge in [0.1, 0.15) is 11.2 Å². The molecule has 0 saturated heterocycles. The number of rotatable bonds is 6. The number of benzene rings is 8. The zero-order chi connectivity index (χ0) is 37.7. The fourth-order valence-electron chi connectivity index (χ4n) is 7.91. The van der Waals surface area contributed by atoms with Gasteiger partial charge in [-0.3, -0.25) is 0 Å². The molecule has 8 aromatic carbocycles. The van der Waals surface area contributed by atoms with Gasteiger partial charge in [0.15, 0.2) is 17.5 Å². The molecule has 5 nitrogen and oxygen atoms in total. The highest BCUT2D eigenvalue weighted by atomic mass is 16.3. The molecule has 0 fully saturated rings. The molecule has 0 unspecified atom stereocenters. The Bertz CT molecular complexity index is 3150. The van der Waals surface area contributed by atoms with Crippen LogP contribution in [0.1, 0.15) is 0 Å². The monoisotopic (exact) mass is 728 g/mol. The Balaban J connectivity index is 1.11. The van der Waals surface area contributed by atoms with E-state index in [0.717, 1.165) is 93.8 Å². The van der Waals surface area contributed by atoms with Crippen molar-refractivity contribution in [1.29, 1.82) is 0 Å². The molecule has 0 atom stereocenters. The van der Waals surface area contributed by atoms with Crippen LogP contribution in [0.5, 0.6) is 0 Å². The Morgan fingerprint density at radius 3 is 1.33 bits per heavy atom. The van der Waals surface area contributed by atoms with Gasteiger partial charge in [-0.05, 0) is 46.5 Å². The number of hydrogen-bond acceptors (Lipinski definition) is 5. The van der Waals surface area contributed by atoms with Crippen molar-refractivity contribution in [3.8, 4) is 67.7 Å². The van der Waals surface area contributed by atoms with E-state index in [4.69, 9.17) is 24.4 Å². The third-order valence-corrected chi connectivity index (χ3v) is 10.7. The average Bonchev–Trinajstić information content (AvgIpc) is 3.68. The smallest absolute Gasteiger partial charge is 0.164 e. The molecule has 0 saturated carbocycles. The first-order valence-corrected chi connectivity index (χ1v) is 19.0. The Morgan fingerprint density at radius 1 is 0.281 bits per heavy atom. The summed E-state index contributed by atoms with van der Waals surface area (Å²) in [5.41, 5.74) is 11.8. The first kappa shape index (κ1) is 32.7. The van der Waals surface area contributed by atoms with E-state index < -0.39 is 0 Å². The van der Waals surface area contributed by atoms with Crippen LogP contribution in [-0.4, -0.2) is 19.9 Å². The summed E-state index contributed by atoms with van der Waals surface area (Å²) in [5, 5.41) is 5.39. The van der Waals surface area contributed by atoms with Gasteiger partial charge in [-0.1, -0.05) is 170 Å². The predicted molar refractivity (Wildman–Crippen MR) is 233 cm³/mol. The lowest BCUT2D eigenvalue weighted by molar-refractivity contribution is 0.669. The summed E-state index contributed by atoms with van der Waals surface area (Å²) in [7, 11) is 0. The minimum Gasteiger partial charge on any atom is -0.456 e. The lowest BCUT2D eigenvalue weighted by Gasteiger charge is -2.13. The molecule has 0 spiro atoms. The van der Waals surface area contributed by atoms with E-state index >= 15 is 0 Å². The molecule has 57 heavy (non-hydrogen) atoms. The second kappa shape index (κ2) is 13.5. The van der Waals surface area contributed by atoms with Crippen molar-refractivity contribution in [3.05, 3.63) is 194 Å². The van der Waals surface area contributed by atoms with Crippen LogP contribution < -0.4 is 0 Å². The van der Waals surface area contributed by atoms with Crippen molar-refractivity contribution in [1.82, 2.24) is 19.9 Å². The van der Waals surface area contributed by atoms with Crippen LogP contribution in [0.25, 0.3) is 111 Å². The molecular formula is C52H32N4O. The fourth-order valence-corrected chi connectivity index (χ4v) is 7.91. The van der Waals surface area contributed by atoms with Crippen LogP contribution in [-0.2, 0) is 0 Å². The molecule has 5 heteroatoms. The van der Waals surface area contributed by atoms with Crippen LogP contribution in [0.3, 0.4) is 0 Å². The van der Waals surface area contributed by atoms with Gasteiger partial charge in [-0.2, -0.15) is 0 Å². The summed E-state index contributed by atoms with van der Waals surface area (Å²) < 4.78 is 6.38. The Hall–Kier alpha value is -7.76. The van der Waals surface area contributed by atoms with Gasteiger partial charge in [0.05, 0.1) is 11.2 Å². The fraction of sp³-hybridized carbons (Fsp3) is 0. The van der Waals surface area contributed by atoms with Crippen molar-refractivity contribution >= 4 is 43.6 Å². The maximum atomic E-state index is 6.38. The van der Waals surface area contributed by atoms with E-state index in [1.165, 1.54) is 0 Å². The number of nitrogens with zero attached hydrogens (tertiary/aromatic N) is 4. The number of pyridine rings is 1. The highest BCUT2D eigenvalue weighted by Crippen LogP contribution is 2.42. The van der Waals surface area contributed by atoms with Gasteiger partial charge in [0.2, 0.25) is 0 Å². The molecule has 0 N–H and O–H groups in total. The van der Waals surface area contributed by atoms with Crippen molar-refractivity contribution in [2.75, 3.05) is 0 Å². The minimum absolute atomic E-state index is 0.575. The van der Waals surface area contributed by atoms with Crippen molar-refractivity contribution in [3.63, 3.8) is 0 Å². The standard InChI is InChI=1S/C52H32N4O/c1-4-12-33(13-5-1)35-20-24-38(25-21-35)50-54-51(39-26-22-36(23-27-39)34-14-6-2-7-15-34)56-52(55-50)40-28-29-41-44(32-40)53-49(37-16-8-3-9-17-37)43-30-31-46-48(47(41)43)42-18-10-11-19-45(42)57-46/h1-32H. The number of aromatic nitrogens is 4. The molecule has 0 aliphatic heterocycles. The molecule has 0 aliphatic rings. The Labute approximate surface area is 328 Å². The topological polar surface area (TPSA) is 64.7 Å². The van der Waals surface area contributed by atoms with Gasteiger partial charge in [0, 0.05) is 49.2 Å². The second-order valence-electron chi connectivity index (χ2n) is 14.2. The molecule has 0 radical (unpaired) electrons. The van der Waals surface area contributed by atoms with Gasteiger partial charge in [0.25, 0.3) is 0 Å². The van der Waals surface area contributed by atoms with Crippen LogP contribution >= 0.6 is 0 Å². The maximum absolute atomic E-state index is 6.38. The van der Waals surface area contributed by atoms with E-state index in [1.807, 2.05) is 30.3 Å². The zero-order valence-electron chi connectivity index (χ0n) is 30.7. The second-order valence-corrected chi connectivity index (χ2v) is 14.2. The Morgan fingerprint density at radius 2 is 0.737 bits per heavy atom. The molecule has 3 heterocycles. The lowest BCUT2D eigenvalue weighted by Crippen LogP contribution is -2.00. The molecule has 0 bridgehead atoms. The van der Waals surface area contributed by atoms with Crippen molar-refractivity contribution in [2.45, 2.75) is 0 Å². The largest absolute Gasteiger partial charge is 0.456 e. The SMILES string of the molecule is c1ccc(-c2ccc(-c3nc(-c4ccc(-c5ccccc5)cc4)nc(-c4ccc5c(c4)nc(-c4ccccc4)c4ccc6oc7ccccc7c6c45)n3)cc2)cc1. The molecule has 11 aromatic rings. The number of para-hydroxylation sites is 1. The summed E-state index contributed by atoms with van der Waals surface area (Å²) in [4.78, 5) is 20.7. The van der Waals surface area contributed by atoms with E-state index in [1.54, 1.807) is 0 Å². The maximum Gasteiger partial charge on any atom is 0.164 e. The van der Waals surface area contributed by atoms with Gasteiger partial charge >= 0.3 is 0 Å². The van der Waals surface area contributed by atoms with Crippen molar-refractivity contribution < 1.29 is 4.42 Å².